The molecule has 0 amide bonds. The monoisotopic (exact) mass is 244 g/mol. The highest BCUT2D eigenvalue weighted by molar-refractivity contribution is 5.57. The maximum atomic E-state index is 3.48. The second-order valence-corrected chi connectivity index (χ2v) is 6.00. The number of rotatable bonds is 2. The lowest BCUT2D eigenvalue weighted by molar-refractivity contribution is 0.106. The van der Waals surface area contributed by atoms with Gasteiger partial charge in [0, 0.05) is 24.8 Å². The summed E-state index contributed by atoms with van der Waals surface area (Å²) in [6.07, 6.45) is 3.94. The third-order valence-corrected chi connectivity index (χ3v) is 4.77. The van der Waals surface area contributed by atoms with E-state index in [0.29, 0.717) is 0 Å². The first-order valence-corrected chi connectivity index (χ1v) is 7.34. The molecule has 98 valence electrons. The number of piperidine rings is 1. The Hall–Kier alpha value is -1.02. The predicted molar refractivity (Wildman–Crippen MR) is 76.9 cm³/mol. The van der Waals surface area contributed by atoms with E-state index < -0.39 is 0 Å². The average Bonchev–Trinajstić information content (AvgIpc) is 2.82. The first-order valence-electron chi connectivity index (χ1n) is 7.34. The Kier molecular flexibility index (Phi) is 3.29. The topological polar surface area (TPSA) is 15.3 Å². The van der Waals surface area contributed by atoms with Gasteiger partial charge in [0.1, 0.15) is 0 Å². The van der Waals surface area contributed by atoms with Gasteiger partial charge in [-0.05, 0) is 55.8 Å². The predicted octanol–water partition coefficient (Wildman–Crippen LogP) is 3.28. The van der Waals surface area contributed by atoms with E-state index in [2.05, 4.69) is 42.3 Å². The number of anilines is 1. The number of nitrogens with zero attached hydrogens (tertiary/aromatic N) is 1. The smallest absolute Gasteiger partial charge is 0.0376 e. The van der Waals surface area contributed by atoms with E-state index in [9.17, 15) is 0 Å². The molecule has 2 atom stereocenters. The van der Waals surface area contributed by atoms with Crippen LogP contribution < -0.4 is 5.32 Å². The van der Waals surface area contributed by atoms with E-state index in [1.165, 1.54) is 42.6 Å². The van der Waals surface area contributed by atoms with E-state index in [1.54, 1.807) is 0 Å². The molecule has 2 aliphatic heterocycles. The van der Waals surface area contributed by atoms with E-state index in [0.717, 1.165) is 25.0 Å². The first-order chi connectivity index (χ1) is 8.74. The fraction of sp³-hybridized carbons (Fsp3) is 0.625. The summed E-state index contributed by atoms with van der Waals surface area (Å²) in [6.45, 7) is 8.25. The summed E-state index contributed by atoms with van der Waals surface area (Å²) >= 11 is 0. The van der Waals surface area contributed by atoms with Crippen molar-refractivity contribution in [3.05, 3.63) is 29.3 Å². The minimum Gasteiger partial charge on any atom is -0.384 e. The highest BCUT2D eigenvalue weighted by Gasteiger charge is 2.24. The van der Waals surface area contributed by atoms with Gasteiger partial charge in [-0.3, -0.25) is 4.90 Å². The zero-order chi connectivity index (χ0) is 12.5. The SMILES string of the molecule is CC1CCCN(Cc2ccc3c(c2)NCC3)C1C. The van der Waals surface area contributed by atoms with Crippen molar-refractivity contribution in [3.63, 3.8) is 0 Å². The maximum Gasteiger partial charge on any atom is 0.0376 e. The largest absolute Gasteiger partial charge is 0.384 e. The fourth-order valence-electron chi connectivity index (χ4n) is 3.32. The van der Waals surface area contributed by atoms with Crippen molar-refractivity contribution in [2.75, 3.05) is 18.4 Å². The molecule has 0 bridgehead atoms. The molecule has 0 aromatic heterocycles. The molecule has 3 rings (SSSR count). The Balaban J connectivity index is 1.72. The van der Waals surface area contributed by atoms with Gasteiger partial charge in [0.2, 0.25) is 0 Å². The molecule has 2 heterocycles. The summed E-state index contributed by atoms with van der Waals surface area (Å²) in [4.78, 5) is 2.64. The fourth-order valence-corrected chi connectivity index (χ4v) is 3.32. The Morgan fingerprint density at radius 3 is 3.11 bits per heavy atom. The zero-order valence-electron chi connectivity index (χ0n) is 11.6. The van der Waals surface area contributed by atoms with Crippen LogP contribution in [-0.4, -0.2) is 24.0 Å². The number of fused-ring (bicyclic) bond motifs is 1. The van der Waals surface area contributed by atoms with Crippen LogP contribution >= 0.6 is 0 Å². The van der Waals surface area contributed by atoms with E-state index >= 15 is 0 Å². The zero-order valence-corrected chi connectivity index (χ0v) is 11.6. The normalized spacial score (nSPS) is 27.9. The third kappa shape index (κ3) is 2.26. The van der Waals surface area contributed by atoms with Gasteiger partial charge in [0.15, 0.2) is 0 Å². The van der Waals surface area contributed by atoms with E-state index in [4.69, 9.17) is 0 Å². The van der Waals surface area contributed by atoms with Crippen molar-refractivity contribution >= 4 is 5.69 Å². The van der Waals surface area contributed by atoms with Crippen LogP contribution in [0, 0.1) is 5.92 Å². The average molecular weight is 244 g/mol. The second-order valence-electron chi connectivity index (χ2n) is 6.00. The molecular weight excluding hydrogens is 220 g/mol. The summed E-state index contributed by atoms with van der Waals surface area (Å²) in [6, 6.07) is 7.70. The Morgan fingerprint density at radius 1 is 1.33 bits per heavy atom. The summed E-state index contributed by atoms with van der Waals surface area (Å²) in [5.41, 5.74) is 4.31. The van der Waals surface area contributed by atoms with Crippen molar-refractivity contribution in [2.24, 2.45) is 5.92 Å². The molecule has 1 N–H and O–H groups in total. The van der Waals surface area contributed by atoms with E-state index in [1.807, 2.05) is 0 Å². The Labute approximate surface area is 110 Å². The van der Waals surface area contributed by atoms with Crippen molar-refractivity contribution in [2.45, 2.75) is 45.7 Å². The van der Waals surface area contributed by atoms with Gasteiger partial charge in [-0.1, -0.05) is 19.1 Å². The van der Waals surface area contributed by atoms with E-state index in [-0.39, 0.29) is 0 Å². The van der Waals surface area contributed by atoms with Crippen LogP contribution in [0.5, 0.6) is 0 Å². The number of benzene rings is 1. The Bertz CT molecular complexity index is 427. The van der Waals surface area contributed by atoms with Crippen molar-refractivity contribution in [1.82, 2.24) is 4.90 Å². The molecule has 1 aromatic rings. The van der Waals surface area contributed by atoms with Crippen molar-refractivity contribution in [3.8, 4) is 0 Å². The maximum absolute atomic E-state index is 3.48. The number of nitrogens with one attached hydrogen (secondary N) is 1. The molecule has 0 saturated carbocycles. The van der Waals surface area contributed by atoms with Crippen molar-refractivity contribution in [1.29, 1.82) is 0 Å². The number of hydrogen-bond donors (Lipinski definition) is 1. The van der Waals surface area contributed by atoms with Gasteiger partial charge >= 0.3 is 0 Å². The van der Waals surface area contributed by atoms with Gasteiger partial charge in [-0.2, -0.15) is 0 Å². The van der Waals surface area contributed by atoms with Gasteiger partial charge in [0.25, 0.3) is 0 Å². The molecular formula is C16H24N2. The standard InChI is InChI=1S/C16H24N2/c1-12-4-3-9-18(13(12)2)11-14-5-6-15-7-8-17-16(15)10-14/h5-6,10,12-13,17H,3-4,7-9,11H2,1-2H3. The minimum absolute atomic E-state index is 0.722. The molecule has 0 radical (unpaired) electrons. The first kappa shape index (κ1) is 12.0. The molecule has 18 heavy (non-hydrogen) atoms. The van der Waals surface area contributed by atoms with Gasteiger partial charge in [0.05, 0.1) is 0 Å². The number of likely N-dealkylation sites (tertiary alicyclic amines) is 1. The molecule has 2 heteroatoms. The van der Waals surface area contributed by atoms with Gasteiger partial charge in [-0.25, -0.2) is 0 Å². The quantitative estimate of drug-likeness (QED) is 0.859. The van der Waals surface area contributed by atoms with Gasteiger partial charge < -0.3 is 5.32 Å². The molecule has 2 nitrogen and oxygen atoms in total. The number of hydrogen-bond acceptors (Lipinski definition) is 2. The lowest BCUT2D eigenvalue weighted by Crippen LogP contribution is -2.41. The van der Waals surface area contributed by atoms with Crippen LogP contribution in [0.2, 0.25) is 0 Å². The van der Waals surface area contributed by atoms with Gasteiger partial charge in [-0.15, -0.1) is 0 Å². The molecule has 1 aromatic carbocycles. The summed E-state index contributed by atoms with van der Waals surface area (Å²) in [5.74, 6) is 0.839. The van der Waals surface area contributed by atoms with Crippen molar-refractivity contribution < 1.29 is 0 Å². The second kappa shape index (κ2) is 4.93. The van der Waals surface area contributed by atoms with Crippen LogP contribution in [0.1, 0.15) is 37.8 Å². The molecule has 2 unspecified atom stereocenters. The van der Waals surface area contributed by atoms with Crippen LogP contribution in [0.3, 0.4) is 0 Å². The molecule has 2 aliphatic rings. The molecule has 1 saturated heterocycles. The van der Waals surface area contributed by atoms with Crippen LogP contribution in [0.25, 0.3) is 0 Å². The van der Waals surface area contributed by atoms with Crippen LogP contribution in [0.4, 0.5) is 5.69 Å². The van der Waals surface area contributed by atoms with Crippen LogP contribution in [0.15, 0.2) is 18.2 Å². The highest BCUT2D eigenvalue weighted by Crippen LogP contribution is 2.27. The lowest BCUT2D eigenvalue weighted by atomic mass is 9.91. The summed E-state index contributed by atoms with van der Waals surface area (Å²) in [5, 5.41) is 3.48. The minimum atomic E-state index is 0.722. The Morgan fingerprint density at radius 2 is 2.22 bits per heavy atom. The molecule has 0 aliphatic carbocycles. The lowest BCUT2D eigenvalue weighted by Gasteiger charge is -2.38. The summed E-state index contributed by atoms with van der Waals surface area (Å²) < 4.78 is 0. The molecule has 0 spiro atoms. The summed E-state index contributed by atoms with van der Waals surface area (Å²) in [7, 11) is 0. The van der Waals surface area contributed by atoms with Crippen LogP contribution in [-0.2, 0) is 13.0 Å². The molecule has 1 fully saturated rings. The third-order valence-electron chi connectivity index (χ3n) is 4.77. The highest BCUT2D eigenvalue weighted by atomic mass is 15.2.